The Hall–Kier alpha value is -0.380. The zero-order valence-electron chi connectivity index (χ0n) is 8.59. The molecular formula is C11H16BrNO. The number of hydrogen-bond donors (Lipinski definition) is 1. The summed E-state index contributed by atoms with van der Waals surface area (Å²) in [7, 11) is 0. The highest BCUT2D eigenvalue weighted by Gasteiger charge is 2.09. The van der Waals surface area contributed by atoms with E-state index in [0.717, 1.165) is 10.0 Å². The van der Waals surface area contributed by atoms with Gasteiger partial charge in [0.2, 0.25) is 0 Å². The van der Waals surface area contributed by atoms with Crippen LogP contribution in [-0.2, 0) is 4.74 Å². The van der Waals surface area contributed by atoms with Crippen LogP contribution in [0.5, 0.6) is 0 Å². The molecule has 1 rings (SSSR count). The lowest BCUT2D eigenvalue weighted by atomic mass is 10.1. The summed E-state index contributed by atoms with van der Waals surface area (Å²) in [6.45, 7) is 5.24. The molecule has 0 aliphatic heterocycles. The molecule has 2 nitrogen and oxygen atoms in total. The monoisotopic (exact) mass is 257 g/mol. The summed E-state index contributed by atoms with van der Waals surface area (Å²) in [6.07, 6.45) is 0.0110. The first kappa shape index (κ1) is 11.7. The molecule has 0 saturated carbocycles. The van der Waals surface area contributed by atoms with Gasteiger partial charge in [0.1, 0.15) is 0 Å². The Balaban J connectivity index is 2.88. The van der Waals surface area contributed by atoms with Crippen LogP contribution < -0.4 is 5.73 Å². The minimum Gasteiger partial charge on any atom is -0.372 e. The van der Waals surface area contributed by atoms with E-state index < -0.39 is 0 Å². The molecule has 0 fully saturated rings. The lowest BCUT2D eigenvalue weighted by molar-refractivity contribution is 0.0688. The first-order chi connectivity index (χ1) is 6.69. The summed E-state index contributed by atoms with van der Waals surface area (Å²) in [5, 5.41) is 0. The van der Waals surface area contributed by atoms with Crippen LogP contribution >= 0.6 is 15.9 Å². The van der Waals surface area contributed by atoms with Crippen LogP contribution in [0.2, 0.25) is 0 Å². The van der Waals surface area contributed by atoms with Crippen molar-refractivity contribution in [2.45, 2.75) is 20.0 Å². The molecule has 3 heteroatoms. The quantitative estimate of drug-likeness (QED) is 0.901. The molecule has 0 aromatic heterocycles. The third-order valence-corrected chi connectivity index (χ3v) is 3.00. The number of nitrogens with two attached hydrogens (primary N) is 1. The number of aryl methyl sites for hydroxylation is 1. The van der Waals surface area contributed by atoms with E-state index in [-0.39, 0.29) is 6.10 Å². The summed E-state index contributed by atoms with van der Waals surface area (Å²) in [5.41, 5.74) is 7.99. The van der Waals surface area contributed by atoms with E-state index in [9.17, 15) is 0 Å². The first-order valence-corrected chi connectivity index (χ1v) is 5.56. The minimum absolute atomic E-state index is 0.0110. The van der Waals surface area contributed by atoms with Crippen LogP contribution in [0, 0.1) is 6.92 Å². The lowest BCUT2D eigenvalue weighted by Gasteiger charge is -2.15. The van der Waals surface area contributed by atoms with Crippen LogP contribution in [0.3, 0.4) is 0 Å². The maximum absolute atomic E-state index is 5.64. The highest BCUT2D eigenvalue weighted by atomic mass is 79.9. The molecule has 0 radical (unpaired) electrons. The van der Waals surface area contributed by atoms with Crippen molar-refractivity contribution in [2.24, 2.45) is 5.73 Å². The molecule has 1 atom stereocenters. The van der Waals surface area contributed by atoms with Gasteiger partial charge in [-0.05, 0) is 31.0 Å². The van der Waals surface area contributed by atoms with Gasteiger partial charge in [-0.3, -0.25) is 0 Å². The standard InChI is InChI=1S/C11H16BrNO/c1-3-14-11(7-13)9-5-4-8(2)10(12)6-9/h4-6,11H,3,7,13H2,1-2H3. The number of halogens is 1. The Morgan fingerprint density at radius 3 is 2.71 bits per heavy atom. The molecule has 1 aromatic carbocycles. The number of ether oxygens (including phenoxy) is 1. The third kappa shape index (κ3) is 2.80. The molecule has 0 saturated heterocycles. The Kier molecular flexibility index (Phi) is 4.58. The van der Waals surface area contributed by atoms with Crippen LogP contribution in [-0.4, -0.2) is 13.2 Å². The number of hydrogen-bond acceptors (Lipinski definition) is 2. The molecule has 2 N–H and O–H groups in total. The maximum atomic E-state index is 5.64. The van der Waals surface area contributed by atoms with E-state index in [2.05, 4.69) is 41.1 Å². The van der Waals surface area contributed by atoms with Crippen molar-refractivity contribution >= 4 is 15.9 Å². The zero-order valence-corrected chi connectivity index (χ0v) is 10.2. The van der Waals surface area contributed by atoms with E-state index in [4.69, 9.17) is 10.5 Å². The molecular weight excluding hydrogens is 242 g/mol. The molecule has 0 bridgehead atoms. The lowest BCUT2D eigenvalue weighted by Crippen LogP contribution is -2.15. The summed E-state index contributed by atoms with van der Waals surface area (Å²) in [5.74, 6) is 0. The van der Waals surface area contributed by atoms with Crippen molar-refractivity contribution in [3.8, 4) is 0 Å². The predicted octanol–water partition coefficient (Wildman–Crippen LogP) is 2.79. The van der Waals surface area contributed by atoms with Gasteiger partial charge in [0.05, 0.1) is 6.10 Å². The first-order valence-electron chi connectivity index (χ1n) is 4.76. The smallest absolute Gasteiger partial charge is 0.0947 e. The summed E-state index contributed by atoms with van der Waals surface area (Å²) < 4.78 is 6.63. The van der Waals surface area contributed by atoms with Crippen LogP contribution in [0.25, 0.3) is 0 Å². The second-order valence-corrected chi connectivity index (χ2v) is 4.04. The molecule has 0 spiro atoms. The predicted molar refractivity (Wildman–Crippen MR) is 62.3 cm³/mol. The number of benzene rings is 1. The van der Waals surface area contributed by atoms with Gasteiger partial charge in [0.15, 0.2) is 0 Å². The Morgan fingerprint density at radius 2 is 2.21 bits per heavy atom. The van der Waals surface area contributed by atoms with Crippen LogP contribution in [0.1, 0.15) is 24.2 Å². The van der Waals surface area contributed by atoms with E-state index in [1.807, 2.05) is 6.92 Å². The highest BCUT2D eigenvalue weighted by molar-refractivity contribution is 9.10. The summed E-state index contributed by atoms with van der Waals surface area (Å²) in [6, 6.07) is 6.21. The molecule has 0 heterocycles. The normalized spacial score (nSPS) is 12.9. The van der Waals surface area contributed by atoms with Gasteiger partial charge in [-0.15, -0.1) is 0 Å². The average Bonchev–Trinajstić information content (AvgIpc) is 2.19. The SMILES string of the molecule is CCOC(CN)c1ccc(C)c(Br)c1. The average molecular weight is 258 g/mol. The molecule has 14 heavy (non-hydrogen) atoms. The van der Waals surface area contributed by atoms with Gasteiger partial charge in [0, 0.05) is 17.6 Å². The Labute approximate surface area is 93.6 Å². The fraction of sp³-hybridized carbons (Fsp3) is 0.455. The van der Waals surface area contributed by atoms with E-state index in [1.165, 1.54) is 5.56 Å². The zero-order chi connectivity index (χ0) is 10.6. The van der Waals surface area contributed by atoms with Crippen molar-refractivity contribution in [1.29, 1.82) is 0 Å². The van der Waals surface area contributed by atoms with Gasteiger partial charge < -0.3 is 10.5 Å². The van der Waals surface area contributed by atoms with E-state index in [0.29, 0.717) is 13.2 Å². The third-order valence-electron chi connectivity index (χ3n) is 2.15. The molecule has 0 amide bonds. The van der Waals surface area contributed by atoms with Gasteiger partial charge in [0.25, 0.3) is 0 Å². The topological polar surface area (TPSA) is 35.2 Å². The number of rotatable bonds is 4. The molecule has 78 valence electrons. The molecule has 0 aliphatic carbocycles. The fourth-order valence-corrected chi connectivity index (χ4v) is 1.71. The van der Waals surface area contributed by atoms with Gasteiger partial charge in [-0.1, -0.05) is 28.1 Å². The minimum atomic E-state index is 0.0110. The Bertz CT molecular complexity index is 301. The van der Waals surface area contributed by atoms with Crippen molar-refractivity contribution in [1.82, 2.24) is 0 Å². The van der Waals surface area contributed by atoms with Gasteiger partial charge in [-0.25, -0.2) is 0 Å². The maximum Gasteiger partial charge on any atom is 0.0947 e. The molecule has 1 unspecified atom stereocenters. The van der Waals surface area contributed by atoms with Crippen molar-refractivity contribution in [3.05, 3.63) is 33.8 Å². The van der Waals surface area contributed by atoms with Crippen LogP contribution in [0.15, 0.2) is 22.7 Å². The van der Waals surface area contributed by atoms with Crippen molar-refractivity contribution in [2.75, 3.05) is 13.2 Å². The highest BCUT2D eigenvalue weighted by Crippen LogP contribution is 2.23. The summed E-state index contributed by atoms with van der Waals surface area (Å²) in [4.78, 5) is 0. The fourth-order valence-electron chi connectivity index (χ4n) is 1.31. The molecule has 0 aliphatic rings. The van der Waals surface area contributed by atoms with Crippen molar-refractivity contribution in [3.63, 3.8) is 0 Å². The largest absolute Gasteiger partial charge is 0.372 e. The van der Waals surface area contributed by atoms with E-state index >= 15 is 0 Å². The Morgan fingerprint density at radius 1 is 1.50 bits per heavy atom. The second kappa shape index (κ2) is 5.49. The van der Waals surface area contributed by atoms with Crippen LogP contribution in [0.4, 0.5) is 0 Å². The van der Waals surface area contributed by atoms with Gasteiger partial charge >= 0.3 is 0 Å². The van der Waals surface area contributed by atoms with E-state index in [1.54, 1.807) is 0 Å². The van der Waals surface area contributed by atoms with Gasteiger partial charge in [-0.2, -0.15) is 0 Å². The summed E-state index contributed by atoms with van der Waals surface area (Å²) >= 11 is 3.50. The van der Waals surface area contributed by atoms with Crippen molar-refractivity contribution < 1.29 is 4.74 Å². The molecule has 1 aromatic rings. The second-order valence-electron chi connectivity index (χ2n) is 3.19.